The van der Waals surface area contributed by atoms with Crippen molar-refractivity contribution < 1.29 is 23.4 Å². The summed E-state index contributed by atoms with van der Waals surface area (Å²) in [6, 6.07) is 8.19. The molecule has 204 valence electrons. The first-order chi connectivity index (χ1) is 19.3. The number of esters is 1. The van der Waals surface area contributed by atoms with Gasteiger partial charge in [0.1, 0.15) is 5.76 Å². The molecule has 40 heavy (non-hydrogen) atoms. The minimum atomic E-state index is -0.764. The van der Waals surface area contributed by atoms with Crippen LogP contribution in [0.15, 0.2) is 76.7 Å². The highest BCUT2D eigenvalue weighted by Crippen LogP contribution is 2.38. The van der Waals surface area contributed by atoms with Gasteiger partial charge in [-0.3, -0.25) is 9.36 Å². The summed E-state index contributed by atoms with van der Waals surface area (Å²) in [5.74, 6) is 1.08. The Morgan fingerprint density at radius 2 is 2.08 bits per heavy atom. The molecule has 0 spiro atoms. The Labute approximate surface area is 244 Å². The molecule has 3 aromatic heterocycles. The van der Waals surface area contributed by atoms with Crippen LogP contribution in [0.5, 0.6) is 11.5 Å². The third-order valence-electron chi connectivity index (χ3n) is 6.13. The molecule has 2 aliphatic rings. The van der Waals surface area contributed by atoms with Crippen molar-refractivity contribution in [1.82, 2.24) is 14.5 Å². The molecule has 1 aromatic carbocycles. The number of aromatic nitrogens is 3. The van der Waals surface area contributed by atoms with Gasteiger partial charge in [-0.1, -0.05) is 17.4 Å². The van der Waals surface area contributed by atoms with Gasteiger partial charge < -0.3 is 18.6 Å². The van der Waals surface area contributed by atoms with Crippen LogP contribution in [0, 0.1) is 6.92 Å². The summed E-state index contributed by atoms with van der Waals surface area (Å²) in [5, 5.41) is 1.11. The number of allylic oxidation sites excluding steroid dienone is 1. The van der Waals surface area contributed by atoms with Crippen molar-refractivity contribution >= 4 is 51.1 Å². The summed E-state index contributed by atoms with van der Waals surface area (Å²) in [5.41, 5.74) is 1.97. The van der Waals surface area contributed by atoms with Gasteiger partial charge in [-0.25, -0.2) is 19.8 Å². The van der Waals surface area contributed by atoms with Crippen LogP contribution < -0.4 is 24.4 Å². The number of rotatable bonds is 6. The van der Waals surface area contributed by atoms with Crippen LogP contribution in [0.2, 0.25) is 0 Å². The second kappa shape index (κ2) is 10.7. The second-order valence-corrected chi connectivity index (χ2v) is 11.6. The summed E-state index contributed by atoms with van der Waals surface area (Å²) in [4.78, 5) is 40.7. The van der Waals surface area contributed by atoms with E-state index in [9.17, 15) is 9.59 Å². The zero-order valence-electron chi connectivity index (χ0n) is 21.5. The first-order valence-corrected chi connectivity index (χ1v) is 14.6. The maximum absolute atomic E-state index is 13.9. The molecular formula is C27H21BrN4O6S2. The standard InChI is InChI=1S/C27H21BrN4O6S2/c1-4-35-24(34)21-14(3)31-27-32(22(21)15-5-6-18-19(9-15)37-12-36-18)23(33)20(39-27)11-16-10-17(28)25(38-16)40-26-29-8-7-13(2)30-26/h5-11,22H,4,12H2,1-3H3/b20-11+/t22-/m1/s1. The lowest BCUT2D eigenvalue weighted by atomic mass is 9.95. The Balaban J connectivity index is 1.44. The molecule has 1 atom stereocenters. The average molecular weight is 642 g/mol. The predicted molar refractivity (Wildman–Crippen MR) is 150 cm³/mol. The van der Waals surface area contributed by atoms with Gasteiger partial charge >= 0.3 is 5.97 Å². The molecule has 0 unspecified atom stereocenters. The lowest BCUT2D eigenvalue weighted by molar-refractivity contribution is -0.139. The number of hydrogen-bond acceptors (Lipinski definition) is 11. The van der Waals surface area contributed by atoms with Crippen LogP contribution >= 0.6 is 39.0 Å². The van der Waals surface area contributed by atoms with E-state index in [2.05, 4.69) is 30.9 Å². The summed E-state index contributed by atoms with van der Waals surface area (Å²) in [6.07, 6.45) is 3.35. The topological polar surface area (TPSA) is 118 Å². The third-order valence-corrected chi connectivity index (χ3v) is 8.84. The quantitative estimate of drug-likeness (QED) is 0.226. The average Bonchev–Trinajstić information content (AvgIpc) is 3.60. The minimum absolute atomic E-state index is 0.107. The molecule has 4 aromatic rings. The SMILES string of the molecule is CCOC(=O)C1=C(C)N=c2s/c(=C/c3cc(Br)c(Sc4nccc(C)n4)o3)c(=O)n2[C@@H]1c1ccc2c(c1)OCO2. The van der Waals surface area contributed by atoms with Gasteiger partial charge in [0, 0.05) is 18.0 Å². The van der Waals surface area contributed by atoms with Gasteiger partial charge in [0.2, 0.25) is 6.79 Å². The van der Waals surface area contributed by atoms with E-state index in [0.29, 0.717) is 52.6 Å². The number of carbonyl (C=O) groups excluding carboxylic acids is 1. The molecule has 13 heteroatoms. The summed E-state index contributed by atoms with van der Waals surface area (Å²) in [7, 11) is 0. The Morgan fingerprint density at radius 1 is 1.25 bits per heavy atom. The van der Waals surface area contributed by atoms with E-state index in [1.165, 1.54) is 27.7 Å². The highest BCUT2D eigenvalue weighted by Gasteiger charge is 2.34. The first kappa shape index (κ1) is 26.5. The van der Waals surface area contributed by atoms with Crippen molar-refractivity contribution in [2.24, 2.45) is 4.99 Å². The fourth-order valence-electron chi connectivity index (χ4n) is 4.39. The van der Waals surface area contributed by atoms with Crippen LogP contribution in [0.4, 0.5) is 0 Å². The molecule has 5 heterocycles. The van der Waals surface area contributed by atoms with Crippen LogP contribution in [-0.4, -0.2) is 33.9 Å². The fraction of sp³-hybridized carbons (Fsp3) is 0.222. The zero-order valence-corrected chi connectivity index (χ0v) is 24.7. The molecule has 2 aliphatic heterocycles. The number of benzene rings is 1. The van der Waals surface area contributed by atoms with Crippen molar-refractivity contribution in [3.05, 3.63) is 89.0 Å². The molecule has 0 aliphatic carbocycles. The van der Waals surface area contributed by atoms with E-state index >= 15 is 0 Å². The Bertz CT molecular complexity index is 1880. The second-order valence-electron chi connectivity index (χ2n) is 8.78. The Morgan fingerprint density at radius 3 is 2.88 bits per heavy atom. The molecule has 0 N–H and O–H groups in total. The van der Waals surface area contributed by atoms with Crippen molar-refractivity contribution in [2.45, 2.75) is 37.1 Å². The minimum Gasteiger partial charge on any atom is -0.463 e. The van der Waals surface area contributed by atoms with Crippen molar-refractivity contribution in [3.63, 3.8) is 0 Å². The van der Waals surface area contributed by atoms with E-state index < -0.39 is 12.0 Å². The van der Waals surface area contributed by atoms with Crippen LogP contribution in [0.1, 0.15) is 36.9 Å². The number of nitrogens with zero attached hydrogens (tertiary/aromatic N) is 4. The zero-order chi connectivity index (χ0) is 28.0. The summed E-state index contributed by atoms with van der Waals surface area (Å²) < 4.78 is 25.0. The maximum Gasteiger partial charge on any atom is 0.338 e. The van der Waals surface area contributed by atoms with Crippen molar-refractivity contribution in [1.29, 1.82) is 0 Å². The summed E-state index contributed by atoms with van der Waals surface area (Å²) >= 11 is 6.01. The van der Waals surface area contributed by atoms with E-state index in [-0.39, 0.29) is 24.5 Å². The Kier molecular flexibility index (Phi) is 7.11. The van der Waals surface area contributed by atoms with Crippen molar-refractivity contribution in [2.75, 3.05) is 13.4 Å². The highest BCUT2D eigenvalue weighted by atomic mass is 79.9. The number of hydrogen-bond donors (Lipinski definition) is 0. The smallest absolute Gasteiger partial charge is 0.338 e. The van der Waals surface area contributed by atoms with E-state index in [4.69, 9.17) is 18.6 Å². The normalized spacial score (nSPS) is 16.2. The van der Waals surface area contributed by atoms with Crippen LogP contribution in [0.25, 0.3) is 6.08 Å². The van der Waals surface area contributed by atoms with E-state index in [0.717, 1.165) is 5.69 Å². The molecule has 10 nitrogen and oxygen atoms in total. The highest BCUT2D eigenvalue weighted by molar-refractivity contribution is 9.10. The molecule has 0 saturated heterocycles. The Hall–Kier alpha value is -3.68. The van der Waals surface area contributed by atoms with E-state index in [1.807, 2.05) is 19.1 Å². The molecular weight excluding hydrogens is 620 g/mol. The predicted octanol–water partition coefficient (Wildman–Crippen LogP) is 4.13. The molecule has 0 bridgehead atoms. The number of halogens is 1. The summed E-state index contributed by atoms with van der Waals surface area (Å²) in [6.45, 7) is 5.66. The molecule has 0 radical (unpaired) electrons. The number of ether oxygens (including phenoxy) is 3. The monoisotopic (exact) mass is 640 g/mol. The fourth-order valence-corrected chi connectivity index (χ4v) is 6.73. The van der Waals surface area contributed by atoms with Crippen LogP contribution in [0.3, 0.4) is 0 Å². The number of carbonyl (C=O) groups is 1. The first-order valence-electron chi connectivity index (χ1n) is 12.2. The lowest BCUT2D eigenvalue weighted by Gasteiger charge is -2.24. The largest absolute Gasteiger partial charge is 0.463 e. The van der Waals surface area contributed by atoms with Gasteiger partial charge in [-0.2, -0.15) is 0 Å². The number of furan rings is 1. The maximum atomic E-state index is 13.9. The van der Waals surface area contributed by atoms with Gasteiger partial charge in [0.25, 0.3) is 5.56 Å². The van der Waals surface area contributed by atoms with Gasteiger partial charge in [0.15, 0.2) is 26.5 Å². The third kappa shape index (κ3) is 4.88. The van der Waals surface area contributed by atoms with Gasteiger partial charge in [-0.05, 0) is 78.3 Å². The van der Waals surface area contributed by atoms with Gasteiger partial charge in [0.05, 0.1) is 32.9 Å². The van der Waals surface area contributed by atoms with Gasteiger partial charge in [-0.15, -0.1) is 0 Å². The van der Waals surface area contributed by atoms with E-state index in [1.54, 1.807) is 44.3 Å². The molecule has 0 amide bonds. The number of thiazole rings is 1. The number of fused-ring (bicyclic) bond motifs is 2. The lowest BCUT2D eigenvalue weighted by Crippen LogP contribution is -2.39. The van der Waals surface area contributed by atoms with Crippen LogP contribution in [-0.2, 0) is 9.53 Å². The number of aryl methyl sites for hydroxylation is 1. The molecule has 6 rings (SSSR count). The molecule has 0 saturated carbocycles. The molecule has 0 fully saturated rings. The van der Waals surface area contributed by atoms with Crippen molar-refractivity contribution in [3.8, 4) is 11.5 Å².